The Hall–Kier alpha value is -0.130. The molecule has 1 aliphatic rings. The first-order valence-electron chi connectivity index (χ1n) is 5.09. The molecule has 88 valence electrons. The number of hydrogen-bond donors (Lipinski definition) is 1. The summed E-state index contributed by atoms with van der Waals surface area (Å²) in [7, 11) is 0. The fraction of sp³-hybridized carbons (Fsp3) is 0.455. The van der Waals surface area contributed by atoms with Gasteiger partial charge in [-0.2, -0.15) is 0 Å². The van der Waals surface area contributed by atoms with E-state index >= 15 is 0 Å². The van der Waals surface area contributed by atoms with Gasteiger partial charge in [0, 0.05) is 29.7 Å². The minimum Gasteiger partial charge on any atom is -0.506 e. The summed E-state index contributed by atoms with van der Waals surface area (Å²) in [6.07, 6.45) is -0.131. The van der Waals surface area contributed by atoms with Crippen molar-refractivity contribution < 1.29 is 9.50 Å². The molecule has 0 bridgehead atoms. The number of alkyl halides is 1. The molecule has 0 aromatic heterocycles. The monoisotopic (exact) mass is 351 g/mol. The van der Waals surface area contributed by atoms with Crippen LogP contribution in [0.5, 0.6) is 5.75 Å². The van der Waals surface area contributed by atoms with Crippen LogP contribution in [0.15, 0.2) is 21.1 Å². The number of likely N-dealkylation sites (tertiary alicyclic amines) is 1. The Balaban J connectivity index is 2.15. The molecule has 1 N–H and O–H groups in total. The lowest BCUT2D eigenvalue weighted by Gasteiger charge is -2.16. The van der Waals surface area contributed by atoms with Gasteiger partial charge in [-0.1, -0.05) is 15.9 Å². The molecule has 0 amide bonds. The Bertz CT molecular complexity index is 400. The smallest absolute Gasteiger partial charge is 0.134 e. The predicted molar refractivity (Wildman–Crippen MR) is 68.3 cm³/mol. The van der Waals surface area contributed by atoms with Gasteiger partial charge < -0.3 is 5.11 Å². The quantitative estimate of drug-likeness (QED) is 0.881. The zero-order chi connectivity index (χ0) is 11.7. The van der Waals surface area contributed by atoms with Gasteiger partial charge in [-0.25, -0.2) is 4.39 Å². The Morgan fingerprint density at radius 2 is 2.19 bits per heavy atom. The van der Waals surface area contributed by atoms with Crippen molar-refractivity contribution in [3.05, 3.63) is 26.6 Å². The average Bonchev–Trinajstić information content (AvgIpc) is 2.60. The Kier molecular flexibility index (Phi) is 3.87. The fourth-order valence-electron chi connectivity index (χ4n) is 1.91. The molecule has 1 heterocycles. The fourth-order valence-corrected chi connectivity index (χ4v) is 3.22. The summed E-state index contributed by atoms with van der Waals surface area (Å²) < 4.78 is 14.6. The first kappa shape index (κ1) is 12.3. The first-order chi connectivity index (χ1) is 7.56. The van der Waals surface area contributed by atoms with Gasteiger partial charge in [0.15, 0.2) is 0 Å². The zero-order valence-corrected chi connectivity index (χ0v) is 11.8. The zero-order valence-electron chi connectivity index (χ0n) is 8.59. The van der Waals surface area contributed by atoms with Crippen LogP contribution in [0, 0.1) is 0 Å². The van der Waals surface area contributed by atoms with E-state index in [0.717, 1.165) is 16.6 Å². The van der Waals surface area contributed by atoms with E-state index in [9.17, 15) is 9.50 Å². The highest BCUT2D eigenvalue weighted by molar-refractivity contribution is 9.11. The van der Waals surface area contributed by atoms with Crippen LogP contribution in [-0.4, -0.2) is 29.3 Å². The molecule has 0 saturated carbocycles. The van der Waals surface area contributed by atoms with Gasteiger partial charge in [0.25, 0.3) is 0 Å². The van der Waals surface area contributed by atoms with Crippen LogP contribution in [-0.2, 0) is 6.54 Å². The van der Waals surface area contributed by atoms with E-state index in [1.807, 2.05) is 11.0 Å². The Labute approximate surface area is 111 Å². The van der Waals surface area contributed by atoms with Crippen molar-refractivity contribution in [1.29, 1.82) is 0 Å². The minimum atomic E-state index is -0.724. The van der Waals surface area contributed by atoms with Crippen LogP contribution in [0.2, 0.25) is 0 Å². The van der Waals surface area contributed by atoms with Crippen molar-refractivity contribution >= 4 is 31.9 Å². The third-order valence-electron chi connectivity index (χ3n) is 2.72. The number of benzene rings is 1. The summed E-state index contributed by atoms with van der Waals surface area (Å²) in [5, 5.41) is 9.86. The summed E-state index contributed by atoms with van der Waals surface area (Å²) in [4.78, 5) is 2.01. The van der Waals surface area contributed by atoms with E-state index < -0.39 is 6.17 Å². The number of phenolic OH excluding ortho intramolecular Hbond substituents is 1. The molecule has 1 aromatic carbocycles. The van der Waals surface area contributed by atoms with Gasteiger partial charge in [0.1, 0.15) is 11.9 Å². The number of nitrogens with zero attached hydrogens (tertiary/aromatic N) is 1. The number of hydrogen-bond acceptors (Lipinski definition) is 2. The third-order valence-corrected chi connectivity index (χ3v) is 3.78. The number of phenols is 1. The van der Waals surface area contributed by atoms with Gasteiger partial charge >= 0.3 is 0 Å². The number of aromatic hydroxyl groups is 1. The average molecular weight is 353 g/mol. The topological polar surface area (TPSA) is 23.5 Å². The van der Waals surface area contributed by atoms with Crippen molar-refractivity contribution in [2.24, 2.45) is 0 Å². The molecule has 0 spiro atoms. The van der Waals surface area contributed by atoms with Crippen molar-refractivity contribution in [3.63, 3.8) is 0 Å². The Morgan fingerprint density at radius 1 is 1.44 bits per heavy atom. The van der Waals surface area contributed by atoms with Crippen molar-refractivity contribution in [2.75, 3.05) is 13.1 Å². The summed E-state index contributed by atoms with van der Waals surface area (Å²) >= 11 is 6.66. The third kappa shape index (κ3) is 2.76. The highest BCUT2D eigenvalue weighted by Gasteiger charge is 2.22. The summed E-state index contributed by atoms with van der Waals surface area (Å²) in [6, 6.07) is 3.66. The molecule has 1 aliphatic heterocycles. The summed E-state index contributed by atoms with van der Waals surface area (Å²) in [5.74, 6) is 0.241. The largest absolute Gasteiger partial charge is 0.506 e. The highest BCUT2D eigenvalue weighted by atomic mass is 79.9. The summed E-state index contributed by atoms with van der Waals surface area (Å²) in [5.41, 5.74) is 0.815. The second-order valence-corrected chi connectivity index (χ2v) is 5.79. The van der Waals surface area contributed by atoms with Gasteiger partial charge in [-0.05, 0) is 34.5 Å². The van der Waals surface area contributed by atoms with Crippen LogP contribution in [0.1, 0.15) is 12.0 Å². The lowest BCUT2D eigenvalue weighted by molar-refractivity contribution is 0.279. The molecule has 5 heteroatoms. The molecule has 1 aromatic rings. The van der Waals surface area contributed by atoms with Crippen molar-refractivity contribution in [1.82, 2.24) is 4.90 Å². The lowest BCUT2D eigenvalue weighted by Crippen LogP contribution is -2.20. The van der Waals surface area contributed by atoms with E-state index in [0.29, 0.717) is 24.0 Å². The normalized spacial score (nSPS) is 21.6. The molecule has 2 nitrogen and oxygen atoms in total. The molecule has 1 atom stereocenters. The lowest BCUT2D eigenvalue weighted by atomic mass is 10.2. The standard InChI is InChI=1S/C11H12Br2FNO/c12-8-3-7(11(16)10(13)4-8)5-15-2-1-9(14)6-15/h3-4,9,16H,1-2,5-6H2. The predicted octanol–water partition coefficient (Wildman–Crippen LogP) is 3.46. The van der Waals surface area contributed by atoms with Crippen LogP contribution in [0.25, 0.3) is 0 Å². The van der Waals surface area contributed by atoms with Gasteiger partial charge in [0.05, 0.1) is 4.47 Å². The molecule has 2 rings (SSSR count). The van der Waals surface area contributed by atoms with Gasteiger partial charge in [0.2, 0.25) is 0 Å². The van der Waals surface area contributed by atoms with E-state index in [4.69, 9.17) is 0 Å². The van der Waals surface area contributed by atoms with Crippen molar-refractivity contribution in [3.8, 4) is 5.75 Å². The van der Waals surface area contributed by atoms with E-state index in [1.54, 1.807) is 6.07 Å². The summed E-state index contributed by atoms with van der Waals surface area (Å²) in [6.45, 7) is 1.80. The van der Waals surface area contributed by atoms with E-state index in [2.05, 4.69) is 31.9 Å². The second-order valence-electron chi connectivity index (χ2n) is 4.02. The molecule has 0 radical (unpaired) electrons. The van der Waals surface area contributed by atoms with Crippen molar-refractivity contribution in [2.45, 2.75) is 19.1 Å². The van der Waals surface area contributed by atoms with E-state index in [-0.39, 0.29) is 5.75 Å². The maximum atomic E-state index is 13.0. The first-order valence-corrected chi connectivity index (χ1v) is 6.68. The SMILES string of the molecule is Oc1c(Br)cc(Br)cc1CN1CCC(F)C1. The van der Waals surface area contributed by atoms with Crippen LogP contribution < -0.4 is 0 Å². The molecule has 1 unspecified atom stereocenters. The maximum Gasteiger partial charge on any atom is 0.134 e. The van der Waals surface area contributed by atoms with Crippen LogP contribution in [0.3, 0.4) is 0 Å². The highest BCUT2D eigenvalue weighted by Crippen LogP contribution is 2.33. The minimum absolute atomic E-state index is 0.241. The van der Waals surface area contributed by atoms with Crippen LogP contribution >= 0.6 is 31.9 Å². The number of halogens is 3. The second kappa shape index (κ2) is 5.02. The van der Waals surface area contributed by atoms with Crippen LogP contribution in [0.4, 0.5) is 4.39 Å². The molecule has 16 heavy (non-hydrogen) atoms. The van der Waals surface area contributed by atoms with E-state index in [1.165, 1.54) is 0 Å². The molecule has 1 fully saturated rings. The van der Waals surface area contributed by atoms with Gasteiger partial charge in [-0.3, -0.25) is 4.90 Å². The molecular weight excluding hydrogens is 341 g/mol. The number of rotatable bonds is 2. The Morgan fingerprint density at radius 3 is 2.81 bits per heavy atom. The molecule has 0 aliphatic carbocycles. The maximum absolute atomic E-state index is 13.0. The molecular formula is C11H12Br2FNO. The van der Waals surface area contributed by atoms with Gasteiger partial charge in [-0.15, -0.1) is 0 Å². The molecule has 1 saturated heterocycles.